The Morgan fingerprint density at radius 1 is 1.00 bits per heavy atom. The van der Waals surface area contributed by atoms with Gasteiger partial charge in [0, 0.05) is 18.0 Å². The SMILES string of the molecule is COc1cccc(-n2nc(Cc3c(F)cccc3F)c(=O)n(CC(N)c3ccccc3)c2=O)c1Cl. The summed E-state index contributed by atoms with van der Waals surface area (Å²) >= 11 is 6.42. The van der Waals surface area contributed by atoms with Crippen LogP contribution in [0.5, 0.6) is 5.75 Å². The minimum Gasteiger partial charge on any atom is -0.495 e. The van der Waals surface area contributed by atoms with Gasteiger partial charge in [-0.25, -0.2) is 13.6 Å². The highest BCUT2D eigenvalue weighted by Gasteiger charge is 2.21. The smallest absolute Gasteiger partial charge is 0.352 e. The molecule has 3 aromatic carbocycles. The summed E-state index contributed by atoms with van der Waals surface area (Å²) in [5.41, 5.74) is 4.89. The van der Waals surface area contributed by atoms with Crippen molar-refractivity contribution in [3.8, 4) is 11.4 Å². The van der Waals surface area contributed by atoms with E-state index in [0.29, 0.717) is 5.56 Å². The molecule has 35 heavy (non-hydrogen) atoms. The summed E-state index contributed by atoms with van der Waals surface area (Å²) in [6, 6.07) is 16.3. The lowest BCUT2D eigenvalue weighted by molar-refractivity contribution is 0.414. The van der Waals surface area contributed by atoms with Crippen LogP contribution in [0, 0.1) is 11.6 Å². The van der Waals surface area contributed by atoms with E-state index in [1.807, 2.05) is 6.07 Å². The van der Waals surface area contributed by atoms with Crippen LogP contribution < -0.4 is 21.7 Å². The van der Waals surface area contributed by atoms with Crippen molar-refractivity contribution in [1.82, 2.24) is 14.3 Å². The van der Waals surface area contributed by atoms with Crippen molar-refractivity contribution in [2.45, 2.75) is 19.0 Å². The molecule has 7 nitrogen and oxygen atoms in total. The molecule has 0 aliphatic rings. The second-order valence-electron chi connectivity index (χ2n) is 7.74. The minimum absolute atomic E-state index is 0.0742. The summed E-state index contributed by atoms with van der Waals surface area (Å²) in [7, 11) is 1.41. The van der Waals surface area contributed by atoms with Gasteiger partial charge in [0.05, 0.1) is 19.3 Å². The molecule has 4 rings (SSSR count). The summed E-state index contributed by atoms with van der Waals surface area (Å²) in [6.45, 7) is -0.196. The predicted molar refractivity (Wildman–Crippen MR) is 128 cm³/mol. The summed E-state index contributed by atoms with van der Waals surface area (Å²) < 4.78 is 35.8. The van der Waals surface area contributed by atoms with Crippen LogP contribution in [-0.4, -0.2) is 21.5 Å². The molecule has 1 aromatic heterocycles. The van der Waals surface area contributed by atoms with E-state index >= 15 is 0 Å². The molecular formula is C25H21ClF2N4O3. The number of aromatic nitrogens is 3. The minimum atomic E-state index is -0.837. The normalized spacial score (nSPS) is 11.9. The van der Waals surface area contributed by atoms with E-state index in [1.165, 1.54) is 19.2 Å². The Balaban J connectivity index is 1.91. The summed E-state index contributed by atoms with van der Waals surface area (Å²) in [6.07, 6.45) is -0.486. The number of nitrogens with zero attached hydrogens (tertiary/aromatic N) is 3. The molecule has 0 saturated heterocycles. The Bertz CT molecular complexity index is 1470. The van der Waals surface area contributed by atoms with E-state index in [1.54, 1.807) is 36.4 Å². The van der Waals surface area contributed by atoms with Crippen LogP contribution in [-0.2, 0) is 13.0 Å². The zero-order valence-corrected chi connectivity index (χ0v) is 19.4. The lowest BCUT2D eigenvalue weighted by atomic mass is 10.1. The second kappa shape index (κ2) is 10.2. The van der Waals surface area contributed by atoms with Gasteiger partial charge in [-0.3, -0.25) is 9.36 Å². The Hall–Kier alpha value is -3.82. The lowest BCUT2D eigenvalue weighted by Gasteiger charge is -2.17. The summed E-state index contributed by atoms with van der Waals surface area (Å²) in [5, 5.41) is 4.23. The Labute approximate surface area is 204 Å². The first-order valence-corrected chi connectivity index (χ1v) is 11.0. The molecule has 180 valence electrons. The van der Waals surface area contributed by atoms with Crippen LogP contribution in [0.1, 0.15) is 22.9 Å². The van der Waals surface area contributed by atoms with Crippen molar-refractivity contribution in [3.63, 3.8) is 0 Å². The number of rotatable bonds is 7. The number of hydrogen-bond acceptors (Lipinski definition) is 5. The average molecular weight is 499 g/mol. The van der Waals surface area contributed by atoms with Gasteiger partial charge in [0.15, 0.2) is 0 Å². The highest BCUT2D eigenvalue weighted by Crippen LogP contribution is 2.29. The fraction of sp³-hybridized carbons (Fsp3) is 0.160. The maximum Gasteiger partial charge on any atom is 0.352 e. The van der Waals surface area contributed by atoms with Crippen LogP contribution in [0.3, 0.4) is 0 Å². The van der Waals surface area contributed by atoms with E-state index in [4.69, 9.17) is 22.1 Å². The topological polar surface area (TPSA) is 92.1 Å². The molecule has 1 unspecified atom stereocenters. The van der Waals surface area contributed by atoms with Gasteiger partial charge in [0.2, 0.25) is 0 Å². The number of halogens is 3. The Morgan fingerprint density at radius 3 is 2.31 bits per heavy atom. The third-order valence-electron chi connectivity index (χ3n) is 5.53. The lowest BCUT2D eigenvalue weighted by Crippen LogP contribution is -2.45. The van der Waals surface area contributed by atoms with Crippen molar-refractivity contribution in [3.05, 3.63) is 121 Å². The standard InChI is InChI=1S/C25H21ClF2N4O3/c1-35-22-12-6-11-21(23(22)26)32-25(34)31(14-19(29)15-7-3-2-4-8-15)24(33)20(30-32)13-16-17(27)9-5-10-18(16)28/h2-12,19H,13-14,29H2,1H3. The van der Waals surface area contributed by atoms with Crippen LogP contribution in [0.15, 0.2) is 76.3 Å². The Morgan fingerprint density at radius 2 is 1.66 bits per heavy atom. The van der Waals surface area contributed by atoms with E-state index in [0.717, 1.165) is 21.4 Å². The quantitative estimate of drug-likeness (QED) is 0.420. The van der Waals surface area contributed by atoms with Crippen molar-refractivity contribution in [2.75, 3.05) is 7.11 Å². The van der Waals surface area contributed by atoms with Crippen molar-refractivity contribution in [2.24, 2.45) is 5.73 Å². The van der Waals surface area contributed by atoms with E-state index in [9.17, 15) is 18.4 Å². The van der Waals surface area contributed by atoms with Gasteiger partial charge in [0.25, 0.3) is 5.56 Å². The van der Waals surface area contributed by atoms with E-state index in [2.05, 4.69) is 5.10 Å². The fourth-order valence-corrected chi connectivity index (χ4v) is 3.97. The van der Waals surface area contributed by atoms with Gasteiger partial charge in [-0.15, -0.1) is 0 Å². The molecule has 0 saturated carbocycles. The van der Waals surface area contributed by atoms with Gasteiger partial charge in [-0.2, -0.15) is 9.78 Å². The number of benzene rings is 3. The van der Waals surface area contributed by atoms with Crippen LogP contribution in [0.25, 0.3) is 5.69 Å². The van der Waals surface area contributed by atoms with Crippen LogP contribution in [0.4, 0.5) is 8.78 Å². The first-order chi connectivity index (χ1) is 16.8. The molecular weight excluding hydrogens is 478 g/mol. The van der Waals surface area contributed by atoms with Crippen molar-refractivity contribution in [1.29, 1.82) is 0 Å². The zero-order chi connectivity index (χ0) is 25.1. The maximum atomic E-state index is 14.4. The summed E-state index contributed by atoms with van der Waals surface area (Å²) in [5.74, 6) is -1.40. The molecule has 0 spiro atoms. The second-order valence-corrected chi connectivity index (χ2v) is 8.12. The number of nitrogens with two attached hydrogens (primary N) is 1. The molecule has 0 aliphatic carbocycles. The maximum absolute atomic E-state index is 14.4. The van der Waals surface area contributed by atoms with E-state index in [-0.39, 0.29) is 34.3 Å². The number of ether oxygens (including phenoxy) is 1. The molecule has 0 radical (unpaired) electrons. The third-order valence-corrected chi connectivity index (χ3v) is 5.91. The largest absolute Gasteiger partial charge is 0.495 e. The molecule has 0 aliphatic heterocycles. The fourth-order valence-electron chi connectivity index (χ4n) is 3.68. The van der Waals surface area contributed by atoms with Gasteiger partial charge in [0.1, 0.15) is 28.1 Å². The van der Waals surface area contributed by atoms with Crippen LogP contribution >= 0.6 is 11.6 Å². The molecule has 1 heterocycles. The summed E-state index contributed by atoms with van der Waals surface area (Å²) in [4.78, 5) is 26.7. The predicted octanol–water partition coefficient (Wildman–Crippen LogP) is 3.63. The Kier molecular flexibility index (Phi) is 7.09. The van der Waals surface area contributed by atoms with Gasteiger partial charge >= 0.3 is 5.69 Å². The first kappa shape index (κ1) is 24.3. The molecule has 10 heteroatoms. The average Bonchev–Trinajstić information content (AvgIpc) is 2.86. The molecule has 1 atom stereocenters. The van der Waals surface area contributed by atoms with Crippen LogP contribution in [0.2, 0.25) is 5.02 Å². The van der Waals surface area contributed by atoms with Crippen molar-refractivity contribution < 1.29 is 13.5 Å². The number of methoxy groups -OCH3 is 1. The molecule has 0 fully saturated rings. The molecule has 0 amide bonds. The first-order valence-electron chi connectivity index (χ1n) is 10.6. The van der Waals surface area contributed by atoms with E-state index < -0.39 is 35.3 Å². The van der Waals surface area contributed by atoms with Gasteiger partial charge in [-0.1, -0.05) is 54.1 Å². The number of hydrogen-bond donors (Lipinski definition) is 1. The zero-order valence-electron chi connectivity index (χ0n) is 18.6. The highest BCUT2D eigenvalue weighted by molar-refractivity contribution is 6.33. The van der Waals surface area contributed by atoms with Crippen molar-refractivity contribution >= 4 is 11.6 Å². The third kappa shape index (κ3) is 4.87. The molecule has 4 aromatic rings. The molecule has 0 bridgehead atoms. The highest BCUT2D eigenvalue weighted by atomic mass is 35.5. The monoisotopic (exact) mass is 498 g/mol. The van der Waals surface area contributed by atoms with Gasteiger partial charge in [-0.05, 0) is 29.8 Å². The van der Waals surface area contributed by atoms with Gasteiger partial charge < -0.3 is 10.5 Å². The molecule has 2 N–H and O–H groups in total.